The average molecular weight is 414 g/mol. The Morgan fingerprint density at radius 1 is 1.10 bits per heavy atom. The molecule has 0 fully saturated rings. The molecule has 7 nitrogen and oxygen atoms in total. The molecule has 0 atom stereocenters. The van der Waals surface area contributed by atoms with Crippen LogP contribution >= 0.6 is 0 Å². The quantitative estimate of drug-likeness (QED) is 0.441. The number of nitrogens with zero attached hydrogens (tertiary/aromatic N) is 1. The number of benzene rings is 2. The lowest BCUT2D eigenvalue weighted by atomic mass is 10.1. The summed E-state index contributed by atoms with van der Waals surface area (Å²) in [7, 11) is 1.61. The summed E-state index contributed by atoms with van der Waals surface area (Å²) in [6.07, 6.45) is 1.65. The van der Waals surface area contributed by atoms with Crippen molar-refractivity contribution in [2.45, 2.75) is 13.5 Å². The Hall–Kier alpha value is -4.13. The smallest absolute Gasteiger partial charge is 0.258 e. The van der Waals surface area contributed by atoms with Crippen molar-refractivity contribution in [2.75, 3.05) is 17.7 Å². The van der Waals surface area contributed by atoms with E-state index in [9.17, 15) is 9.59 Å². The zero-order valence-corrected chi connectivity index (χ0v) is 17.2. The van der Waals surface area contributed by atoms with Crippen LogP contribution in [-0.4, -0.2) is 23.0 Å². The fourth-order valence-corrected chi connectivity index (χ4v) is 3.27. The number of nitrogens with one attached hydrogen (secondary N) is 3. The zero-order valence-electron chi connectivity index (χ0n) is 17.2. The first-order valence-electron chi connectivity index (χ1n) is 9.81. The van der Waals surface area contributed by atoms with Crippen molar-refractivity contribution in [3.8, 4) is 5.75 Å². The summed E-state index contributed by atoms with van der Waals surface area (Å²) >= 11 is 0. The summed E-state index contributed by atoms with van der Waals surface area (Å²) < 4.78 is 5.27. The molecule has 0 aliphatic carbocycles. The van der Waals surface area contributed by atoms with Gasteiger partial charge in [0.1, 0.15) is 11.6 Å². The maximum atomic E-state index is 13.0. The minimum absolute atomic E-state index is 0.153. The molecule has 7 heteroatoms. The van der Waals surface area contributed by atoms with Crippen molar-refractivity contribution >= 4 is 28.3 Å². The Labute approximate surface area is 179 Å². The van der Waals surface area contributed by atoms with Gasteiger partial charge >= 0.3 is 0 Å². The van der Waals surface area contributed by atoms with Gasteiger partial charge < -0.3 is 20.4 Å². The maximum Gasteiger partial charge on any atom is 0.258 e. The number of carbonyl (C=O) groups is 1. The number of methoxy groups -OCH3 is 1. The van der Waals surface area contributed by atoms with E-state index in [-0.39, 0.29) is 11.5 Å². The normalized spacial score (nSPS) is 10.6. The third kappa shape index (κ3) is 4.56. The molecule has 0 aliphatic rings. The number of amides is 1. The number of para-hydroxylation sites is 1. The van der Waals surface area contributed by atoms with Crippen molar-refractivity contribution in [3.05, 3.63) is 93.9 Å². The Morgan fingerprint density at radius 3 is 2.71 bits per heavy atom. The van der Waals surface area contributed by atoms with Gasteiger partial charge in [-0.3, -0.25) is 9.59 Å². The van der Waals surface area contributed by atoms with Crippen molar-refractivity contribution in [2.24, 2.45) is 0 Å². The van der Waals surface area contributed by atoms with Crippen LogP contribution in [0.3, 0.4) is 0 Å². The number of aromatic nitrogens is 2. The van der Waals surface area contributed by atoms with Gasteiger partial charge in [0, 0.05) is 35.9 Å². The highest BCUT2D eigenvalue weighted by molar-refractivity contribution is 6.08. The average Bonchev–Trinajstić information content (AvgIpc) is 2.79. The van der Waals surface area contributed by atoms with Gasteiger partial charge in [0.25, 0.3) is 5.91 Å². The molecular formula is C24H22N4O3. The molecule has 4 aromatic rings. The van der Waals surface area contributed by atoms with E-state index in [2.05, 4.69) is 20.6 Å². The Bertz CT molecular complexity index is 1290. The fourth-order valence-electron chi connectivity index (χ4n) is 3.27. The molecule has 0 unspecified atom stereocenters. The summed E-state index contributed by atoms with van der Waals surface area (Å²) in [5.41, 5.74) is 3.54. The lowest BCUT2D eigenvalue weighted by Gasteiger charge is -2.13. The van der Waals surface area contributed by atoms with Crippen molar-refractivity contribution in [1.82, 2.24) is 9.97 Å². The molecule has 31 heavy (non-hydrogen) atoms. The first-order valence-corrected chi connectivity index (χ1v) is 9.81. The predicted octanol–water partition coefficient (Wildman–Crippen LogP) is 4.10. The molecule has 4 rings (SSSR count). The van der Waals surface area contributed by atoms with Crippen molar-refractivity contribution in [3.63, 3.8) is 0 Å². The van der Waals surface area contributed by atoms with Crippen LogP contribution in [0.15, 0.2) is 71.7 Å². The minimum Gasteiger partial charge on any atom is -0.497 e. The molecule has 2 aromatic heterocycles. The van der Waals surface area contributed by atoms with E-state index >= 15 is 0 Å². The third-order valence-corrected chi connectivity index (χ3v) is 4.95. The number of pyridine rings is 2. The zero-order chi connectivity index (χ0) is 21.8. The van der Waals surface area contributed by atoms with Gasteiger partial charge in [-0.25, -0.2) is 4.98 Å². The van der Waals surface area contributed by atoms with Gasteiger partial charge in [0.15, 0.2) is 0 Å². The van der Waals surface area contributed by atoms with Gasteiger partial charge in [-0.1, -0.05) is 18.2 Å². The molecule has 0 saturated heterocycles. The largest absolute Gasteiger partial charge is 0.497 e. The lowest BCUT2D eigenvalue weighted by molar-refractivity contribution is 0.102. The number of hydrogen-bond acceptors (Lipinski definition) is 5. The second kappa shape index (κ2) is 8.71. The second-order valence-corrected chi connectivity index (χ2v) is 7.13. The topological polar surface area (TPSA) is 96.1 Å². The van der Waals surface area contributed by atoms with Gasteiger partial charge in [0.2, 0.25) is 5.56 Å². The summed E-state index contributed by atoms with van der Waals surface area (Å²) in [6.45, 7) is 2.38. The highest BCUT2D eigenvalue weighted by Gasteiger charge is 2.14. The van der Waals surface area contributed by atoms with Crippen LogP contribution in [0.2, 0.25) is 0 Å². The SMILES string of the molecule is COc1ccc2cc(C)c(NC(=O)c3ccccc3NCc3ccc(=O)[nH]c3)nc2c1. The fraction of sp³-hybridized carbons (Fsp3) is 0.125. The van der Waals surface area contributed by atoms with Gasteiger partial charge in [-0.05, 0) is 48.4 Å². The number of ether oxygens (including phenoxy) is 1. The van der Waals surface area contributed by atoms with E-state index in [1.807, 2.05) is 49.4 Å². The van der Waals surface area contributed by atoms with Crippen molar-refractivity contribution in [1.29, 1.82) is 0 Å². The highest BCUT2D eigenvalue weighted by atomic mass is 16.5. The molecule has 3 N–H and O–H groups in total. The summed E-state index contributed by atoms with van der Waals surface area (Å²) in [5.74, 6) is 0.946. The summed E-state index contributed by atoms with van der Waals surface area (Å²) in [6, 6.07) is 18.1. The van der Waals surface area contributed by atoms with Crippen LogP contribution < -0.4 is 20.9 Å². The number of aryl methyl sites for hydroxylation is 1. The van der Waals surface area contributed by atoms with E-state index in [1.165, 1.54) is 6.07 Å². The Morgan fingerprint density at radius 2 is 1.94 bits per heavy atom. The molecule has 0 spiro atoms. The first kappa shape index (κ1) is 20.2. The second-order valence-electron chi connectivity index (χ2n) is 7.13. The minimum atomic E-state index is -0.262. The molecule has 2 aromatic carbocycles. The number of rotatable bonds is 6. The van der Waals surface area contributed by atoms with Gasteiger partial charge in [-0.2, -0.15) is 0 Å². The number of aromatic amines is 1. The van der Waals surface area contributed by atoms with Crippen LogP contribution in [0.25, 0.3) is 10.9 Å². The molecule has 0 aliphatic heterocycles. The molecular weight excluding hydrogens is 392 g/mol. The number of anilines is 2. The summed E-state index contributed by atoms with van der Waals surface area (Å²) in [5, 5.41) is 7.15. The maximum absolute atomic E-state index is 13.0. The standard InChI is InChI=1S/C24H22N4O3/c1-15-11-17-8-9-18(31-2)12-21(17)27-23(15)28-24(30)19-5-3-4-6-20(19)25-13-16-7-10-22(29)26-14-16/h3-12,14,25H,13H2,1-2H3,(H,26,29)(H,27,28,30). The number of fused-ring (bicyclic) bond motifs is 1. The predicted molar refractivity (Wildman–Crippen MR) is 122 cm³/mol. The van der Waals surface area contributed by atoms with E-state index in [0.717, 1.165) is 22.0 Å². The van der Waals surface area contributed by atoms with E-state index in [0.29, 0.717) is 29.4 Å². The van der Waals surface area contributed by atoms with Crippen LogP contribution in [-0.2, 0) is 6.54 Å². The molecule has 2 heterocycles. The molecule has 0 saturated carbocycles. The number of carbonyl (C=O) groups excluding carboxylic acids is 1. The number of hydrogen-bond donors (Lipinski definition) is 3. The van der Waals surface area contributed by atoms with E-state index in [1.54, 1.807) is 25.4 Å². The molecule has 1 amide bonds. The van der Waals surface area contributed by atoms with Crippen LogP contribution in [0.4, 0.5) is 11.5 Å². The monoisotopic (exact) mass is 414 g/mol. The van der Waals surface area contributed by atoms with Gasteiger partial charge in [-0.15, -0.1) is 0 Å². The number of H-pyrrole nitrogens is 1. The highest BCUT2D eigenvalue weighted by Crippen LogP contribution is 2.25. The molecule has 156 valence electrons. The van der Waals surface area contributed by atoms with Crippen LogP contribution in [0.1, 0.15) is 21.5 Å². The molecule has 0 radical (unpaired) electrons. The van der Waals surface area contributed by atoms with Crippen LogP contribution in [0, 0.1) is 6.92 Å². The van der Waals surface area contributed by atoms with E-state index < -0.39 is 0 Å². The Balaban J connectivity index is 1.56. The first-order chi connectivity index (χ1) is 15.0. The third-order valence-electron chi connectivity index (χ3n) is 4.95. The lowest BCUT2D eigenvalue weighted by Crippen LogP contribution is -2.16. The summed E-state index contributed by atoms with van der Waals surface area (Å²) in [4.78, 5) is 31.5. The van der Waals surface area contributed by atoms with Gasteiger partial charge in [0.05, 0.1) is 18.2 Å². The molecule has 0 bridgehead atoms. The van der Waals surface area contributed by atoms with Crippen molar-refractivity contribution < 1.29 is 9.53 Å². The van der Waals surface area contributed by atoms with E-state index in [4.69, 9.17) is 4.74 Å². The Kier molecular flexibility index (Phi) is 5.66. The van der Waals surface area contributed by atoms with Crippen LogP contribution in [0.5, 0.6) is 5.75 Å².